The van der Waals surface area contributed by atoms with Crippen molar-refractivity contribution >= 4 is 29.1 Å². The molecule has 0 saturated carbocycles. The molecule has 0 heterocycles. The molecule has 35 heavy (non-hydrogen) atoms. The van der Waals surface area contributed by atoms with Gasteiger partial charge in [0.15, 0.2) is 5.75 Å². The lowest BCUT2D eigenvalue weighted by atomic mass is 10.2. The predicted octanol–water partition coefficient (Wildman–Crippen LogP) is 3.60. The van der Waals surface area contributed by atoms with Gasteiger partial charge in [0.05, 0.1) is 25.0 Å². The minimum Gasteiger partial charge on any atom is -0.860 e. The first kappa shape index (κ1) is 30.8. The molecule has 0 bridgehead atoms. The van der Waals surface area contributed by atoms with Crippen molar-refractivity contribution in [3.63, 3.8) is 0 Å². The highest BCUT2D eigenvalue weighted by molar-refractivity contribution is 7.95. The second kappa shape index (κ2) is 15.7. The van der Waals surface area contributed by atoms with Crippen LogP contribution in [0.15, 0.2) is 60.7 Å². The van der Waals surface area contributed by atoms with Crippen LogP contribution in [0, 0.1) is 29.1 Å². The van der Waals surface area contributed by atoms with Gasteiger partial charge in [0.1, 0.15) is 18.8 Å². The lowest BCUT2D eigenvalue weighted by Crippen LogP contribution is -2.50. The molecule has 190 valence electrons. The molecule has 0 aromatic heterocycles. The molecule has 3 aromatic rings. The van der Waals surface area contributed by atoms with Crippen LogP contribution in [0.25, 0.3) is 0 Å². The zero-order chi connectivity index (χ0) is 26.5. The van der Waals surface area contributed by atoms with E-state index in [-0.39, 0.29) is 0 Å². The van der Waals surface area contributed by atoms with Crippen molar-refractivity contribution in [1.29, 1.82) is 0 Å². The summed E-state index contributed by atoms with van der Waals surface area (Å²) in [6.45, 7) is 0. The molecule has 0 aliphatic rings. The van der Waals surface area contributed by atoms with Crippen molar-refractivity contribution in [3.05, 3.63) is 101 Å². The average molecular weight is 532 g/mol. The fourth-order valence-corrected chi connectivity index (χ4v) is 4.32. The maximum Gasteiger partial charge on any atom is 0.205 e. The van der Waals surface area contributed by atoms with Gasteiger partial charge >= 0.3 is 0 Å². The molecule has 0 fully saturated rings. The Bertz CT molecular complexity index is 952. The molecule has 0 aliphatic carbocycles. The first-order valence-electron chi connectivity index (χ1n) is 10.1. The van der Waals surface area contributed by atoms with Crippen molar-refractivity contribution in [2.24, 2.45) is 0 Å². The van der Waals surface area contributed by atoms with Gasteiger partial charge < -0.3 is 14.7 Å². The van der Waals surface area contributed by atoms with E-state index >= 15 is 0 Å². The summed E-state index contributed by atoms with van der Waals surface area (Å²) in [5.41, 5.74) is 2.91. The van der Waals surface area contributed by atoms with Crippen molar-refractivity contribution in [1.82, 2.24) is 0 Å². The molecule has 11 heteroatoms. The van der Waals surface area contributed by atoms with Crippen molar-refractivity contribution in [2.75, 3.05) is 25.0 Å². The largest absolute Gasteiger partial charge is 0.860 e. The van der Waals surface area contributed by atoms with Crippen LogP contribution in [0.5, 0.6) is 5.75 Å². The van der Waals surface area contributed by atoms with Gasteiger partial charge in [0, 0.05) is 11.1 Å². The van der Waals surface area contributed by atoms with Gasteiger partial charge in [-0.2, -0.15) is 8.78 Å². The van der Waals surface area contributed by atoms with E-state index in [2.05, 4.69) is 90.3 Å². The lowest BCUT2D eigenvalue weighted by molar-refractivity contribution is -0.372. The number of hydrogen-bond acceptors (Lipinski definition) is 3. The van der Waals surface area contributed by atoms with Crippen LogP contribution >= 0.6 is 0 Å². The molecule has 3 rings (SSSR count). The molecule has 3 aromatic carbocycles. The van der Waals surface area contributed by atoms with Gasteiger partial charge in [-0.25, -0.2) is 13.2 Å². The number of halogens is 5. The van der Waals surface area contributed by atoms with Crippen LogP contribution in [0.3, 0.4) is 0 Å². The third kappa shape index (κ3) is 11.4. The van der Waals surface area contributed by atoms with Crippen LogP contribution < -0.4 is 14.7 Å². The summed E-state index contributed by atoms with van der Waals surface area (Å²) in [5.74, 6) is -11.1. The fourth-order valence-electron chi connectivity index (χ4n) is 2.60. The third-order valence-electron chi connectivity index (χ3n) is 3.98. The molecule has 0 radical (unpaired) electrons. The minimum absolute atomic E-state index is 0.533. The second-order valence-electron chi connectivity index (χ2n) is 7.54. The second-order valence-corrected chi connectivity index (χ2v) is 12.1. The highest BCUT2D eigenvalue weighted by Gasteiger charge is 2.26. The van der Waals surface area contributed by atoms with Crippen molar-refractivity contribution in [3.8, 4) is 5.75 Å². The summed E-state index contributed by atoms with van der Waals surface area (Å²) >= 11 is 0. The zero-order valence-corrected chi connectivity index (χ0v) is 21.3. The summed E-state index contributed by atoms with van der Waals surface area (Å²) in [7, 11) is -2.13. The lowest BCUT2D eigenvalue weighted by Gasteiger charge is -2.27. The summed E-state index contributed by atoms with van der Waals surface area (Å²) in [6.07, 6.45) is 9.08. The Labute approximate surface area is 208 Å². The first-order chi connectivity index (χ1) is 16.4. The molecule has 0 atom stereocenters. The van der Waals surface area contributed by atoms with Gasteiger partial charge in [-0.05, 0) is 21.8 Å². The average Bonchev–Trinajstić information content (AvgIpc) is 2.80. The smallest absolute Gasteiger partial charge is 0.205 e. The van der Waals surface area contributed by atoms with Gasteiger partial charge in [0.2, 0.25) is 29.1 Å². The maximum atomic E-state index is 12.6. The van der Waals surface area contributed by atoms with E-state index in [1.807, 2.05) is 0 Å². The number of benzene rings is 3. The first-order valence-corrected chi connectivity index (χ1v) is 14.5. The third-order valence-corrected chi connectivity index (χ3v) is 5.80. The Morgan fingerprint density at radius 1 is 0.600 bits per heavy atom. The fraction of sp³-hybridized carbons (Fsp3) is 0.250. The van der Waals surface area contributed by atoms with Crippen molar-refractivity contribution in [2.45, 2.75) is 11.5 Å². The molecule has 0 unspecified atom stereocenters. The van der Waals surface area contributed by atoms with E-state index in [0.717, 1.165) is 0 Å². The van der Waals surface area contributed by atoms with Gasteiger partial charge in [-0.15, -0.1) is 0 Å². The molecule has 3 nitrogen and oxygen atoms in total. The van der Waals surface area contributed by atoms with Crippen LogP contribution in [0.1, 0.15) is 11.1 Å². The standard InChI is InChI=1S/2C9H13S.C6BF5O3/c2*1-10(2)8-9-6-4-3-5-7-9;8-1-2(9)4(11)6(15-7(13)14)5(12)3(1)10/h2*3-7H,8H2,1-2H3;/q2*+1;-2. The van der Waals surface area contributed by atoms with Crippen molar-refractivity contribution < 1.29 is 36.7 Å². The molecule has 0 amide bonds. The van der Waals surface area contributed by atoms with E-state index in [9.17, 15) is 32.0 Å². The SMILES string of the molecule is C[S+](C)Cc1ccccc1.C[S+](C)Cc1ccccc1.[O-]B([O-])Oc1c(F)c(F)c(F)c(F)c1F. The maximum absolute atomic E-state index is 12.6. The van der Waals surface area contributed by atoms with E-state index < -0.39 is 42.2 Å². The zero-order valence-electron chi connectivity index (χ0n) is 19.7. The molecular formula is C24H26BF5O3S2. The summed E-state index contributed by atoms with van der Waals surface area (Å²) < 4.78 is 65.9. The number of hydrogen-bond donors (Lipinski definition) is 0. The van der Waals surface area contributed by atoms with E-state index in [1.165, 1.54) is 22.6 Å². The Morgan fingerprint density at radius 3 is 1.20 bits per heavy atom. The minimum atomic E-state index is -3.20. The van der Waals surface area contributed by atoms with E-state index in [1.54, 1.807) is 0 Å². The topological polar surface area (TPSA) is 55.3 Å². The highest BCUT2D eigenvalue weighted by atomic mass is 32.2. The monoisotopic (exact) mass is 532 g/mol. The molecule has 0 N–H and O–H groups in total. The quantitative estimate of drug-likeness (QED) is 0.160. The van der Waals surface area contributed by atoms with Gasteiger partial charge in [0.25, 0.3) is 0 Å². The Hall–Kier alpha value is -2.21. The van der Waals surface area contributed by atoms with Crippen LogP contribution in [-0.2, 0) is 33.3 Å². The van der Waals surface area contributed by atoms with Crippen LogP contribution in [0.4, 0.5) is 22.0 Å². The number of rotatable bonds is 6. The normalized spacial score (nSPS) is 10.3. The van der Waals surface area contributed by atoms with Crippen LogP contribution in [-0.4, -0.2) is 32.3 Å². The highest BCUT2D eigenvalue weighted by Crippen LogP contribution is 2.28. The Morgan fingerprint density at radius 2 is 0.914 bits per heavy atom. The van der Waals surface area contributed by atoms with Gasteiger partial charge in [-0.1, -0.05) is 60.7 Å². The molecule has 0 saturated heterocycles. The summed E-state index contributed by atoms with van der Waals surface area (Å²) in [5, 5.41) is 19.7. The Balaban J connectivity index is 0.000000271. The van der Waals surface area contributed by atoms with E-state index in [4.69, 9.17) is 0 Å². The molecule has 0 aliphatic heterocycles. The molecular weight excluding hydrogens is 506 g/mol. The van der Waals surface area contributed by atoms with Gasteiger partial charge in [-0.3, -0.25) is 0 Å². The molecule has 0 spiro atoms. The summed E-state index contributed by atoms with van der Waals surface area (Å²) in [4.78, 5) is 0. The Kier molecular flexibility index (Phi) is 13.8. The van der Waals surface area contributed by atoms with Crippen LogP contribution in [0.2, 0.25) is 0 Å². The predicted molar refractivity (Wildman–Crippen MR) is 131 cm³/mol. The summed E-state index contributed by atoms with van der Waals surface area (Å²) in [6, 6.07) is 21.3. The van der Waals surface area contributed by atoms with E-state index in [0.29, 0.717) is 21.8 Å².